The number of Topliss-reactive ketones (excluding diaryl/α,β-unsaturated/α-hetero) is 1. The lowest BCUT2D eigenvalue weighted by molar-refractivity contribution is -0.218. The van der Waals surface area contributed by atoms with Gasteiger partial charge in [0, 0.05) is 19.8 Å². The van der Waals surface area contributed by atoms with Gasteiger partial charge in [0.1, 0.15) is 6.61 Å². The van der Waals surface area contributed by atoms with Crippen LogP contribution in [0, 0.1) is 11.8 Å². The zero-order chi connectivity index (χ0) is 12.9. The molecule has 0 N–H and O–H groups in total. The van der Waals surface area contributed by atoms with Crippen LogP contribution in [0.25, 0.3) is 0 Å². The number of carbonyl (C=O) groups is 2. The Morgan fingerprint density at radius 2 is 1.56 bits per heavy atom. The first-order valence-corrected chi connectivity index (χ1v) is 5.55. The SMILES string of the molecule is CC(C)C(=O)COC(C)(C)OC(=O)C(C)C. The van der Waals surface area contributed by atoms with Crippen LogP contribution in [0.2, 0.25) is 0 Å². The first kappa shape index (κ1) is 15.1. The molecule has 4 nitrogen and oxygen atoms in total. The molecule has 4 heteroatoms. The van der Waals surface area contributed by atoms with Gasteiger partial charge in [0.15, 0.2) is 5.78 Å². The second kappa shape index (κ2) is 5.99. The first-order valence-electron chi connectivity index (χ1n) is 5.55. The number of rotatable bonds is 6. The third kappa shape index (κ3) is 5.85. The molecule has 0 bridgehead atoms. The van der Waals surface area contributed by atoms with E-state index in [1.54, 1.807) is 41.5 Å². The molecular weight excluding hydrogens is 208 g/mol. The van der Waals surface area contributed by atoms with Crippen molar-refractivity contribution in [2.45, 2.75) is 47.3 Å². The van der Waals surface area contributed by atoms with Crippen molar-refractivity contribution in [3.05, 3.63) is 0 Å². The Kier molecular flexibility index (Phi) is 5.65. The summed E-state index contributed by atoms with van der Waals surface area (Å²) in [6.07, 6.45) is 0. The molecule has 0 fully saturated rings. The molecular formula is C12H22O4. The van der Waals surface area contributed by atoms with Gasteiger partial charge in [-0.2, -0.15) is 0 Å². The Balaban J connectivity index is 4.15. The third-order valence-electron chi connectivity index (χ3n) is 2.02. The lowest BCUT2D eigenvalue weighted by atomic mass is 10.1. The Morgan fingerprint density at radius 1 is 1.06 bits per heavy atom. The van der Waals surface area contributed by atoms with Gasteiger partial charge in [-0.3, -0.25) is 9.59 Å². The minimum absolute atomic E-state index is 0.00586. The molecule has 0 saturated heterocycles. The van der Waals surface area contributed by atoms with E-state index < -0.39 is 5.79 Å². The summed E-state index contributed by atoms with van der Waals surface area (Å²) in [5.74, 6) is -1.66. The molecule has 94 valence electrons. The fraction of sp³-hybridized carbons (Fsp3) is 0.833. The molecule has 0 unspecified atom stereocenters. The summed E-state index contributed by atoms with van der Waals surface area (Å²) in [5, 5.41) is 0. The van der Waals surface area contributed by atoms with E-state index in [0.717, 1.165) is 0 Å². The van der Waals surface area contributed by atoms with Gasteiger partial charge in [-0.15, -0.1) is 0 Å². The molecule has 0 aliphatic heterocycles. The van der Waals surface area contributed by atoms with Crippen molar-refractivity contribution in [3.63, 3.8) is 0 Å². The highest BCUT2D eigenvalue weighted by atomic mass is 16.7. The van der Waals surface area contributed by atoms with Crippen molar-refractivity contribution in [2.24, 2.45) is 11.8 Å². The van der Waals surface area contributed by atoms with Gasteiger partial charge in [0.05, 0.1) is 5.92 Å². The lowest BCUT2D eigenvalue weighted by Crippen LogP contribution is -2.35. The van der Waals surface area contributed by atoms with Crippen LogP contribution in [0.3, 0.4) is 0 Å². The average Bonchev–Trinajstić information content (AvgIpc) is 2.13. The summed E-state index contributed by atoms with van der Waals surface area (Å²) in [4.78, 5) is 22.7. The maximum Gasteiger partial charge on any atom is 0.310 e. The van der Waals surface area contributed by atoms with Crippen LogP contribution < -0.4 is 0 Å². The average molecular weight is 230 g/mol. The Morgan fingerprint density at radius 3 is 1.94 bits per heavy atom. The molecule has 0 aliphatic carbocycles. The topological polar surface area (TPSA) is 52.6 Å². The highest BCUT2D eigenvalue weighted by Gasteiger charge is 2.26. The second-order valence-electron chi connectivity index (χ2n) is 4.89. The van der Waals surface area contributed by atoms with E-state index in [1.807, 2.05) is 0 Å². The minimum atomic E-state index is -1.05. The molecule has 0 aromatic heterocycles. The molecule has 16 heavy (non-hydrogen) atoms. The summed E-state index contributed by atoms with van der Waals surface area (Å²) in [7, 11) is 0. The van der Waals surface area contributed by atoms with Crippen LogP contribution in [0.5, 0.6) is 0 Å². The summed E-state index contributed by atoms with van der Waals surface area (Å²) < 4.78 is 10.4. The number of hydrogen-bond acceptors (Lipinski definition) is 4. The first-order chi connectivity index (χ1) is 7.15. The van der Waals surface area contributed by atoms with E-state index in [1.165, 1.54) is 0 Å². The van der Waals surface area contributed by atoms with Crippen LogP contribution in [0.4, 0.5) is 0 Å². The molecule has 0 aliphatic rings. The predicted molar refractivity (Wildman–Crippen MR) is 60.8 cm³/mol. The fourth-order valence-electron chi connectivity index (χ4n) is 0.801. The van der Waals surface area contributed by atoms with Crippen LogP contribution in [0.1, 0.15) is 41.5 Å². The lowest BCUT2D eigenvalue weighted by Gasteiger charge is -2.26. The number of ether oxygens (including phenoxy) is 2. The van der Waals surface area contributed by atoms with Crippen LogP contribution in [-0.2, 0) is 19.1 Å². The van der Waals surface area contributed by atoms with Crippen molar-refractivity contribution >= 4 is 11.8 Å². The van der Waals surface area contributed by atoms with Crippen LogP contribution in [-0.4, -0.2) is 24.1 Å². The van der Waals surface area contributed by atoms with E-state index in [0.29, 0.717) is 0 Å². The molecule has 0 aromatic carbocycles. The highest BCUT2D eigenvalue weighted by Crippen LogP contribution is 2.14. The van der Waals surface area contributed by atoms with E-state index in [9.17, 15) is 9.59 Å². The van der Waals surface area contributed by atoms with Crippen LogP contribution >= 0.6 is 0 Å². The molecule has 0 radical (unpaired) electrons. The van der Waals surface area contributed by atoms with Gasteiger partial charge in [0.25, 0.3) is 0 Å². The minimum Gasteiger partial charge on any atom is -0.433 e. The Labute approximate surface area is 97.3 Å². The fourth-order valence-corrected chi connectivity index (χ4v) is 0.801. The van der Waals surface area contributed by atoms with Crippen molar-refractivity contribution in [1.29, 1.82) is 0 Å². The van der Waals surface area contributed by atoms with Gasteiger partial charge < -0.3 is 9.47 Å². The second-order valence-corrected chi connectivity index (χ2v) is 4.89. The molecule has 0 atom stereocenters. The standard InChI is InChI=1S/C12H22O4/c1-8(2)10(13)7-15-12(5,6)16-11(14)9(3)4/h8-9H,7H2,1-6H3. The van der Waals surface area contributed by atoms with E-state index in [4.69, 9.17) is 9.47 Å². The number of ketones is 1. The quantitative estimate of drug-likeness (QED) is 0.518. The smallest absolute Gasteiger partial charge is 0.310 e. The molecule has 0 aromatic rings. The Bertz CT molecular complexity index is 254. The van der Waals surface area contributed by atoms with Crippen molar-refractivity contribution < 1.29 is 19.1 Å². The van der Waals surface area contributed by atoms with Gasteiger partial charge in [0.2, 0.25) is 5.79 Å². The summed E-state index contributed by atoms with van der Waals surface area (Å²) in [6.45, 7) is 10.3. The zero-order valence-electron chi connectivity index (χ0n) is 11.0. The maximum atomic E-state index is 11.3. The monoisotopic (exact) mass is 230 g/mol. The molecule has 0 amide bonds. The Hall–Kier alpha value is -0.900. The van der Waals surface area contributed by atoms with Crippen molar-refractivity contribution in [2.75, 3.05) is 6.61 Å². The summed E-state index contributed by atoms with van der Waals surface area (Å²) in [6, 6.07) is 0. The molecule has 0 heterocycles. The van der Waals surface area contributed by atoms with Crippen molar-refractivity contribution in [1.82, 2.24) is 0 Å². The van der Waals surface area contributed by atoms with Gasteiger partial charge in [-0.05, 0) is 0 Å². The van der Waals surface area contributed by atoms with E-state index in [-0.39, 0.29) is 30.2 Å². The number of esters is 1. The molecule has 0 spiro atoms. The van der Waals surface area contributed by atoms with E-state index in [2.05, 4.69) is 0 Å². The predicted octanol–water partition coefficient (Wildman–Crippen LogP) is 2.16. The maximum absolute atomic E-state index is 11.3. The summed E-state index contributed by atoms with van der Waals surface area (Å²) >= 11 is 0. The highest BCUT2D eigenvalue weighted by molar-refractivity contribution is 5.81. The van der Waals surface area contributed by atoms with E-state index >= 15 is 0 Å². The number of hydrogen-bond donors (Lipinski definition) is 0. The van der Waals surface area contributed by atoms with Gasteiger partial charge in [-0.1, -0.05) is 27.7 Å². The number of carbonyl (C=O) groups excluding carboxylic acids is 2. The van der Waals surface area contributed by atoms with Crippen LogP contribution in [0.15, 0.2) is 0 Å². The summed E-state index contributed by atoms with van der Waals surface area (Å²) in [5.41, 5.74) is 0. The normalized spacial score (nSPS) is 12.0. The van der Waals surface area contributed by atoms with Gasteiger partial charge in [-0.25, -0.2) is 0 Å². The van der Waals surface area contributed by atoms with Gasteiger partial charge >= 0.3 is 5.97 Å². The molecule has 0 saturated carbocycles. The largest absolute Gasteiger partial charge is 0.433 e. The van der Waals surface area contributed by atoms with Crippen molar-refractivity contribution in [3.8, 4) is 0 Å². The molecule has 0 rings (SSSR count). The third-order valence-corrected chi connectivity index (χ3v) is 2.02. The zero-order valence-corrected chi connectivity index (χ0v) is 11.0.